The van der Waals surface area contributed by atoms with Gasteiger partial charge in [-0.25, -0.2) is 4.98 Å². The second kappa shape index (κ2) is 3.95. The summed E-state index contributed by atoms with van der Waals surface area (Å²) in [5, 5.41) is 8.08. The smallest absolute Gasteiger partial charge is 0.255 e. The van der Waals surface area contributed by atoms with Crippen LogP contribution in [0.15, 0.2) is 48.8 Å². The maximum atomic E-state index is 6.18. The van der Waals surface area contributed by atoms with Gasteiger partial charge in [0.05, 0.1) is 6.04 Å². The molecular weight excluding hydrogens is 214 g/mol. The molecule has 0 amide bonds. The summed E-state index contributed by atoms with van der Waals surface area (Å²) >= 11 is 0. The predicted molar refractivity (Wildman–Crippen MR) is 63.3 cm³/mol. The van der Waals surface area contributed by atoms with E-state index in [-0.39, 0.29) is 6.04 Å². The highest BCUT2D eigenvalue weighted by Gasteiger charge is 2.15. The summed E-state index contributed by atoms with van der Waals surface area (Å²) in [7, 11) is 0. The van der Waals surface area contributed by atoms with Gasteiger partial charge in [0.1, 0.15) is 0 Å². The number of fused-ring (bicyclic) bond motifs is 1. The summed E-state index contributed by atoms with van der Waals surface area (Å²) < 4.78 is 1.80. The molecule has 84 valence electrons. The van der Waals surface area contributed by atoms with Crippen molar-refractivity contribution in [3.63, 3.8) is 0 Å². The summed E-state index contributed by atoms with van der Waals surface area (Å²) in [5.74, 6) is 1.26. The van der Waals surface area contributed by atoms with E-state index < -0.39 is 0 Å². The van der Waals surface area contributed by atoms with Crippen molar-refractivity contribution in [1.29, 1.82) is 0 Å². The van der Waals surface area contributed by atoms with E-state index in [1.54, 1.807) is 10.6 Å². The summed E-state index contributed by atoms with van der Waals surface area (Å²) in [4.78, 5) is 4.11. The fourth-order valence-corrected chi connectivity index (χ4v) is 1.78. The molecule has 0 fully saturated rings. The Morgan fingerprint density at radius 1 is 1.06 bits per heavy atom. The van der Waals surface area contributed by atoms with E-state index in [9.17, 15) is 0 Å². The van der Waals surface area contributed by atoms with E-state index >= 15 is 0 Å². The second-order valence-electron chi connectivity index (χ2n) is 3.74. The Balaban J connectivity index is 2.10. The third kappa shape index (κ3) is 1.66. The van der Waals surface area contributed by atoms with Crippen molar-refractivity contribution < 1.29 is 0 Å². The zero-order valence-electron chi connectivity index (χ0n) is 9.06. The minimum absolute atomic E-state index is 0.296. The molecule has 0 radical (unpaired) electrons. The summed E-state index contributed by atoms with van der Waals surface area (Å²) in [5.41, 5.74) is 7.18. The van der Waals surface area contributed by atoms with Gasteiger partial charge in [-0.05, 0) is 11.6 Å². The average Bonchev–Trinajstić information content (AvgIpc) is 2.83. The molecule has 0 aliphatic carbocycles. The average molecular weight is 225 g/mol. The molecule has 5 heteroatoms. The molecule has 2 heterocycles. The third-order valence-electron chi connectivity index (χ3n) is 2.65. The molecule has 3 aromatic rings. The van der Waals surface area contributed by atoms with Gasteiger partial charge < -0.3 is 5.73 Å². The number of aromatic nitrogens is 4. The molecule has 2 N–H and O–H groups in total. The van der Waals surface area contributed by atoms with Crippen molar-refractivity contribution >= 4 is 5.78 Å². The normalized spacial score (nSPS) is 12.8. The van der Waals surface area contributed by atoms with Crippen molar-refractivity contribution in [3.8, 4) is 0 Å². The van der Waals surface area contributed by atoms with Gasteiger partial charge in [0, 0.05) is 12.4 Å². The summed E-state index contributed by atoms with van der Waals surface area (Å²) in [6, 6.07) is 11.4. The zero-order chi connectivity index (χ0) is 11.7. The molecule has 0 saturated heterocycles. The van der Waals surface area contributed by atoms with Crippen LogP contribution in [0.3, 0.4) is 0 Å². The molecule has 3 rings (SSSR count). The van der Waals surface area contributed by atoms with Crippen molar-refractivity contribution in [2.24, 2.45) is 5.73 Å². The van der Waals surface area contributed by atoms with Crippen LogP contribution >= 0.6 is 0 Å². The van der Waals surface area contributed by atoms with E-state index in [2.05, 4.69) is 15.2 Å². The first kappa shape index (κ1) is 9.92. The van der Waals surface area contributed by atoms with Crippen LogP contribution in [0, 0.1) is 0 Å². The Bertz CT molecular complexity index is 631. The zero-order valence-corrected chi connectivity index (χ0v) is 9.06. The van der Waals surface area contributed by atoms with E-state index in [1.165, 1.54) is 0 Å². The SMILES string of the molecule is NC(c1ccccc1)c1nnc2ncccn12. The fraction of sp³-hybridized carbons (Fsp3) is 0.0833. The lowest BCUT2D eigenvalue weighted by Crippen LogP contribution is -2.15. The highest BCUT2D eigenvalue weighted by Crippen LogP contribution is 2.17. The van der Waals surface area contributed by atoms with Crippen molar-refractivity contribution in [2.75, 3.05) is 0 Å². The van der Waals surface area contributed by atoms with Gasteiger partial charge in [0.2, 0.25) is 0 Å². The first-order chi connectivity index (χ1) is 8.36. The van der Waals surface area contributed by atoms with Crippen LogP contribution in [0.25, 0.3) is 5.78 Å². The van der Waals surface area contributed by atoms with E-state index in [1.807, 2.05) is 42.6 Å². The first-order valence-corrected chi connectivity index (χ1v) is 5.32. The van der Waals surface area contributed by atoms with Gasteiger partial charge in [-0.2, -0.15) is 0 Å². The number of benzene rings is 1. The lowest BCUT2D eigenvalue weighted by molar-refractivity contribution is 0.765. The Morgan fingerprint density at radius 2 is 1.88 bits per heavy atom. The molecule has 1 atom stereocenters. The van der Waals surface area contributed by atoms with Crippen molar-refractivity contribution in [2.45, 2.75) is 6.04 Å². The molecule has 0 bridgehead atoms. The molecule has 1 unspecified atom stereocenters. The number of hydrogen-bond donors (Lipinski definition) is 1. The standard InChI is InChI=1S/C12H11N5/c13-10(9-5-2-1-3-6-9)11-15-16-12-14-7-4-8-17(11)12/h1-8,10H,13H2. The van der Waals surface area contributed by atoms with Crippen molar-refractivity contribution in [1.82, 2.24) is 19.6 Å². The number of nitrogens with zero attached hydrogens (tertiary/aromatic N) is 4. The largest absolute Gasteiger partial charge is 0.318 e. The Kier molecular flexibility index (Phi) is 2.31. The second-order valence-corrected chi connectivity index (χ2v) is 3.74. The molecule has 0 saturated carbocycles. The Morgan fingerprint density at radius 3 is 2.71 bits per heavy atom. The topological polar surface area (TPSA) is 69.1 Å². The predicted octanol–water partition coefficient (Wildman–Crippen LogP) is 1.17. The Labute approximate surface area is 97.9 Å². The van der Waals surface area contributed by atoms with E-state index in [0.717, 1.165) is 5.56 Å². The monoisotopic (exact) mass is 225 g/mol. The first-order valence-electron chi connectivity index (χ1n) is 5.32. The van der Waals surface area contributed by atoms with Gasteiger partial charge in [-0.3, -0.25) is 4.40 Å². The van der Waals surface area contributed by atoms with Crippen LogP contribution in [-0.2, 0) is 0 Å². The van der Waals surface area contributed by atoms with Crippen LogP contribution < -0.4 is 5.73 Å². The summed E-state index contributed by atoms with van der Waals surface area (Å²) in [6.45, 7) is 0. The summed E-state index contributed by atoms with van der Waals surface area (Å²) in [6.07, 6.45) is 3.54. The van der Waals surface area contributed by atoms with E-state index in [0.29, 0.717) is 11.6 Å². The van der Waals surface area contributed by atoms with Crippen molar-refractivity contribution in [3.05, 3.63) is 60.2 Å². The molecule has 0 spiro atoms. The minimum atomic E-state index is -0.296. The van der Waals surface area contributed by atoms with Gasteiger partial charge in [0.15, 0.2) is 5.82 Å². The number of hydrogen-bond acceptors (Lipinski definition) is 4. The van der Waals surface area contributed by atoms with Crippen LogP contribution in [0.1, 0.15) is 17.4 Å². The molecular formula is C12H11N5. The molecule has 5 nitrogen and oxygen atoms in total. The van der Waals surface area contributed by atoms with Gasteiger partial charge in [-0.1, -0.05) is 30.3 Å². The maximum Gasteiger partial charge on any atom is 0.255 e. The minimum Gasteiger partial charge on any atom is -0.318 e. The number of rotatable bonds is 2. The third-order valence-corrected chi connectivity index (χ3v) is 2.65. The fourth-order valence-electron chi connectivity index (χ4n) is 1.78. The lowest BCUT2D eigenvalue weighted by Gasteiger charge is -2.09. The van der Waals surface area contributed by atoms with Crippen LogP contribution in [-0.4, -0.2) is 19.6 Å². The maximum absolute atomic E-state index is 6.18. The van der Waals surface area contributed by atoms with Crippen LogP contribution in [0.5, 0.6) is 0 Å². The highest BCUT2D eigenvalue weighted by atomic mass is 15.3. The molecule has 1 aromatic carbocycles. The lowest BCUT2D eigenvalue weighted by atomic mass is 10.1. The molecule has 0 aliphatic heterocycles. The van der Waals surface area contributed by atoms with Crippen LogP contribution in [0.2, 0.25) is 0 Å². The molecule has 17 heavy (non-hydrogen) atoms. The molecule has 2 aromatic heterocycles. The Hall–Kier alpha value is -2.27. The number of nitrogens with two attached hydrogens (primary N) is 1. The van der Waals surface area contributed by atoms with Gasteiger partial charge in [0.25, 0.3) is 5.78 Å². The van der Waals surface area contributed by atoms with Gasteiger partial charge >= 0.3 is 0 Å². The highest BCUT2D eigenvalue weighted by molar-refractivity contribution is 5.31. The van der Waals surface area contributed by atoms with E-state index in [4.69, 9.17) is 5.73 Å². The molecule has 0 aliphatic rings. The van der Waals surface area contributed by atoms with Crippen LogP contribution in [0.4, 0.5) is 0 Å². The van der Waals surface area contributed by atoms with Gasteiger partial charge in [-0.15, -0.1) is 10.2 Å². The quantitative estimate of drug-likeness (QED) is 0.710.